The van der Waals surface area contributed by atoms with Gasteiger partial charge in [-0.25, -0.2) is 0 Å². The van der Waals surface area contributed by atoms with Crippen molar-refractivity contribution in [2.75, 3.05) is 0 Å². The fraction of sp³-hybridized carbons (Fsp3) is 0.412. The molecule has 1 aliphatic rings. The molecule has 1 aromatic heterocycles. The molecule has 1 saturated carbocycles. The summed E-state index contributed by atoms with van der Waals surface area (Å²) >= 11 is 0. The lowest BCUT2D eigenvalue weighted by Gasteiger charge is -2.12. The van der Waals surface area contributed by atoms with Crippen molar-refractivity contribution < 1.29 is 18.7 Å². The Balaban J connectivity index is 1.61. The van der Waals surface area contributed by atoms with Gasteiger partial charge in [0, 0.05) is 17.0 Å². The summed E-state index contributed by atoms with van der Waals surface area (Å²) in [7, 11) is 0. The highest BCUT2D eigenvalue weighted by atomic mass is 16.5. The van der Waals surface area contributed by atoms with Crippen molar-refractivity contribution in [3.05, 3.63) is 35.6 Å². The molecule has 1 unspecified atom stereocenters. The maximum atomic E-state index is 12.0. The number of hydrogen-bond donors (Lipinski definition) is 1. The first kappa shape index (κ1) is 14.6. The van der Waals surface area contributed by atoms with E-state index in [0.29, 0.717) is 0 Å². The van der Waals surface area contributed by atoms with E-state index in [1.165, 1.54) is 0 Å². The second kappa shape index (κ2) is 5.83. The van der Waals surface area contributed by atoms with Gasteiger partial charge in [0.15, 0.2) is 6.10 Å². The van der Waals surface area contributed by atoms with E-state index >= 15 is 0 Å². The summed E-state index contributed by atoms with van der Waals surface area (Å²) in [5.74, 6) is -0.662. The van der Waals surface area contributed by atoms with Crippen LogP contribution in [0.15, 0.2) is 28.9 Å². The fourth-order valence-corrected chi connectivity index (χ4v) is 2.32. The maximum absolute atomic E-state index is 12.0. The number of furan rings is 1. The third kappa shape index (κ3) is 3.30. The van der Waals surface area contributed by atoms with Crippen LogP contribution < -0.4 is 5.32 Å². The van der Waals surface area contributed by atoms with Gasteiger partial charge in [0.2, 0.25) is 0 Å². The van der Waals surface area contributed by atoms with Gasteiger partial charge in [0.1, 0.15) is 5.58 Å². The van der Waals surface area contributed by atoms with Gasteiger partial charge in [-0.2, -0.15) is 0 Å². The van der Waals surface area contributed by atoms with Crippen molar-refractivity contribution in [3.8, 4) is 0 Å². The van der Waals surface area contributed by atoms with Crippen LogP contribution in [0.5, 0.6) is 0 Å². The van der Waals surface area contributed by atoms with Crippen LogP contribution in [-0.2, 0) is 20.7 Å². The van der Waals surface area contributed by atoms with E-state index in [9.17, 15) is 9.59 Å². The van der Waals surface area contributed by atoms with Gasteiger partial charge in [0.05, 0.1) is 12.7 Å². The molecular formula is C17H19NO4. The van der Waals surface area contributed by atoms with Gasteiger partial charge in [-0.3, -0.25) is 9.59 Å². The molecule has 1 aliphatic carbocycles. The predicted molar refractivity (Wildman–Crippen MR) is 81.4 cm³/mol. The van der Waals surface area contributed by atoms with Crippen LogP contribution in [0.1, 0.15) is 30.9 Å². The largest absolute Gasteiger partial charge is 0.464 e. The van der Waals surface area contributed by atoms with Crippen molar-refractivity contribution in [2.45, 2.75) is 45.3 Å². The highest BCUT2D eigenvalue weighted by Gasteiger charge is 2.27. The predicted octanol–water partition coefficient (Wildman–Crippen LogP) is 2.49. The van der Waals surface area contributed by atoms with Crippen molar-refractivity contribution in [1.82, 2.24) is 5.32 Å². The van der Waals surface area contributed by atoms with E-state index in [4.69, 9.17) is 9.15 Å². The Bertz CT molecular complexity index is 715. The van der Waals surface area contributed by atoms with Gasteiger partial charge in [-0.1, -0.05) is 12.1 Å². The van der Waals surface area contributed by atoms with E-state index in [2.05, 4.69) is 5.32 Å². The number of hydrogen-bond acceptors (Lipinski definition) is 4. The number of esters is 1. The molecule has 1 heterocycles. The summed E-state index contributed by atoms with van der Waals surface area (Å²) in [5.41, 5.74) is 2.62. The molecule has 0 spiro atoms. The molecule has 116 valence electrons. The quantitative estimate of drug-likeness (QED) is 0.862. The van der Waals surface area contributed by atoms with E-state index in [1.807, 2.05) is 25.1 Å². The number of aryl methyl sites for hydroxylation is 1. The van der Waals surface area contributed by atoms with Crippen LogP contribution in [0.25, 0.3) is 11.0 Å². The lowest BCUT2D eigenvalue weighted by Crippen LogP contribution is -2.37. The first-order chi connectivity index (χ1) is 10.5. The molecule has 0 aliphatic heterocycles. The molecule has 1 atom stereocenters. The van der Waals surface area contributed by atoms with E-state index in [-0.39, 0.29) is 18.4 Å². The van der Waals surface area contributed by atoms with Crippen molar-refractivity contribution in [3.63, 3.8) is 0 Å². The summed E-state index contributed by atoms with van der Waals surface area (Å²) in [6, 6.07) is 6.09. The Morgan fingerprint density at radius 2 is 2.18 bits per heavy atom. The Kier molecular flexibility index (Phi) is 3.88. The van der Waals surface area contributed by atoms with Crippen molar-refractivity contribution >= 4 is 22.8 Å². The fourth-order valence-electron chi connectivity index (χ4n) is 2.32. The molecular weight excluding hydrogens is 282 g/mol. The molecule has 0 saturated heterocycles. The minimum atomic E-state index is -0.770. The molecule has 1 fully saturated rings. The molecule has 5 nitrogen and oxygen atoms in total. The first-order valence-corrected chi connectivity index (χ1v) is 7.49. The number of carbonyl (C=O) groups is 2. The second-order valence-corrected chi connectivity index (χ2v) is 5.85. The topological polar surface area (TPSA) is 68.5 Å². The van der Waals surface area contributed by atoms with Crippen LogP contribution in [0, 0.1) is 6.92 Å². The SMILES string of the molecule is Cc1ccc2c(CC(=O)OC(C)C(=O)NC3CC3)coc2c1. The molecule has 1 aromatic carbocycles. The molecule has 1 amide bonds. The van der Waals surface area contributed by atoms with Crippen molar-refractivity contribution in [1.29, 1.82) is 0 Å². The zero-order valence-electron chi connectivity index (χ0n) is 12.7. The van der Waals surface area contributed by atoms with Gasteiger partial charge >= 0.3 is 5.97 Å². The van der Waals surface area contributed by atoms with E-state index < -0.39 is 12.1 Å². The zero-order chi connectivity index (χ0) is 15.7. The Labute approximate surface area is 128 Å². The number of fused-ring (bicyclic) bond motifs is 1. The van der Waals surface area contributed by atoms with Crippen molar-refractivity contribution in [2.24, 2.45) is 0 Å². The van der Waals surface area contributed by atoms with E-state index in [0.717, 1.165) is 34.9 Å². The molecule has 22 heavy (non-hydrogen) atoms. The van der Waals surface area contributed by atoms with Crippen LogP contribution >= 0.6 is 0 Å². The van der Waals surface area contributed by atoms with E-state index in [1.54, 1.807) is 13.2 Å². The Morgan fingerprint density at radius 3 is 2.91 bits per heavy atom. The second-order valence-electron chi connectivity index (χ2n) is 5.85. The summed E-state index contributed by atoms with van der Waals surface area (Å²) in [6.45, 7) is 3.57. The maximum Gasteiger partial charge on any atom is 0.311 e. The normalized spacial score (nSPS) is 15.5. The Hall–Kier alpha value is -2.30. The number of benzene rings is 1. The molecule has 0 radical (unpaired) electrons. The standard InChI is InChI=1S/C17H19NO4/c1-10-3-6-14-12(9-21-15(14)7-10)8-16(19)22-11(2)17(20)18-13-4-5-13/h3,6-7,9,11,13H,4-5,8H2,1-2H3,(H,18,20). The summed E-state index contributed by atoms with van der Waals surface area (Å²) in [6.07, 6.45) is 2.91. The number of amides is 1. The molecule has 0 bridgehead atoms. The lowest BCUT2D eigenvalue weighted by atomic mass is 10.1. The van der Waals surface area contributed by atoms with Crippen LogP contribution in [0.2, 0.25) is 0 Å². The van der Waals surface area contributed by atoms with Gasteiger partial charge in [-0.05, 0) is 38.3 Å². The highest BCUT2D eigenvalue weighted by molar-refractivity contribution is 5.88. The smallest absolute Gasteiger partial charge is 0.311 e. The minimum Gasteiger partial charge on any atom is -0.464 e. The minimum absolute atomic E-state index is 0.0944. The molecule has 3 rings (SSSR count). The van der Waals surface area contributed by atoms with Gasteiger partial charge < -0.3 is 14.5 Å². The third-order valence-electron chi connectivity index (χ3n) is 3.75. The summed E-state index contributed by atoms with van der Waals surface area (Å²) in [4.78, 5) is 23.8. The van der Waals surface area contributed by atoms with Gasteiger partial charge in [-0.15, -0.1) is 0 Å². The van der Waals surface area contributed by atoms with Crippen LogP contribution in [0.4, 0.5) is 0 Å². The third-order valence-corrected chi connectivity index (χ3v) is 3.75. The molecule has 2 aromatic rings. The number of nitrogens with one attached hydrogen (secondary N) is 1. The van der Waals surface area contributed by atoms with Crippen LogP contribution in [-0.4, -0.2) is 24.0 Å². The summed E-state index contributed by atoms with van der Waals surface area (Å²) < 4.78 is 10.7. The summed E-state index contributed by atoms with van der Waals surface area (Å²) in [5, 5.41) is 3.72. The number of ether oxygens (including phenoxy) is 1. The lowest BCUT2D eigenvalue weighted by molar-refractivity contribution is -0.154. The number of carbonyl (C=O) groups excluding carboxylic acids is 2. The van der Waals surface area contributed by atoms with Gasteiger partial charge in [0.25, 0.3) is 5.91 Å². The average Bonchev–Trinajstić information content (AvgIpc) is 3.20. The first-order valence-electron chi connectivity index (χ1n) is 7.49. The zero-order valence-corrected chi connectivity index (χ0v) is 12.7. The molecule has 5 heteroatoms. The Morgan fingerprint density at radius 1 is 1.41 bits per heavy atom. The highest BCUT2D eigenvalue weighted by Crippen LogP contribution is 2.23. The average molecular weight is 301 g/mol. The molecule has 1 N–H and O–H groups in total. The monoisotopic (exact) mass is 301 g/mol. The number of rotatable bonds is 5. The van der Waals surface area contributed by atoms with Crippen LogP contribution in [0.3, 0.4) is 0 Å².